The average molecular weight is 330 g/mol. The zero-order valence-electron chi connectivity index (χ0n) is 15.0. The lowest BCUT2D eigenvalue weighted by molar-refractivity contribution is -0.137. The Balaban J connectivity index is 2.29. The number of aryl methyl sites for hydroxylation is 1. The van der Waals surface area contributed by atoms with Gasteiger partial charge in [0.15, 0.2) is 0 Å². The zero-order chi connectivity index (χ0) is 17.9. The van der Waals surface area contributed by atoms with Gasteiger partial charge in [0, 0.05) is 12.1 Å². The molecule has 0 bridgehead atoms. The van der Waals surface area contributed by atoms with Crippen molar-refractivity contribution in [2.24, 2.45) is 0 Å². The molecule has 1 fully saturated rings. The summed E-state index contributed by atoms with van der Waals surface area (Å²) in [6.07, 6.45) is 5.54. The van der Waals surface area contributed by atoms with Crippen LogP contribution in [0.25, 0.3) is 0 Å². The van der Waals surface area contributed by atoms with Gasteiger partial charge in [0.05, 0.1) is 5.69 Å². The fraction of sp³-hybridized carbons (Fsp3) is 0.667. The van der Waals surface area contributed by atoms with Crippen LogP contribution in [0.15, 0.2) is 4.79 Å². The largest absolute Gasteiger partial charge is 0.336 e. The fourth-order valence-corrected chi connectivity index (χ4v) is 3.49. The maximum absolute atomic E-state index is 12.8. The number of nitriles is 1. The molecule has 0 unspecified atom stereocenters. The number of nitrogens with zero attached hydrogens (tertiary/aromatic N) is 4. The van der Waals surface area contributed by atoms with Gasteiger partial charge in [-0.2, -0.15) is 10.4 Å². The lowest BCUT2D eigenvalue weighted by Crippen LogP contribution is -2.48. The van der Waals surface area contributed by atoms with Crippen molar-refractivity contribution in [1.82, 2.24) is 14.7 Å². The molecule has 1 saturated carbocycles. The topological polar surface area (TPSA) is 79.0 Å². The maximum Gasteiger partial charge on any atom is 0.285 e. The molecule has 0 atom stereocenters. The van der Waals surface area contributed by atoms with E-state index in [9.17, 15) is 14.9 Å². The van der Waals surface area contributed by atoms with Gasteiger partial charge in [-0.15, -0.1) is 0 Å². The minimum atomic E-state index is -0.485. The van der Waals surface area contributed by atoms with Crippen molar-refractivity contribution < 1.29 is 4.79 Å². The van der Waals surface area contributed by atoms with Gasteiger partial charge in [-0.25, -0.2) is 4.68 Å². The molecule has 0 aromatic carbocycles. The average Bonchev–Trinajstić information content (AvgIpc) is 2.54. The lowest BCUT2D eigenvalue weighted by atomic mass is 9.93. The number of carbonyl (C=O) groups excluding carboxylic acids is 1. The number of rotatable bonds is 4. The predicted octanol–water partition coefficient (Wildman–Crippen LogP) is 2.30. The monoisotopic (exact) mass is 330 g/mol. The Morgan fingerprint density at radius 3 is 2.50 bits per heavy atom. The van der Waals surface area contributed by atoms with Gasteiger partial charge in [-0.05, 0) is 46.1 Å². The SMILES string of the molecule is Cc1nn(CC(=O)N(C(C)C)C2CCCCC2)c(=O)c(C#N)c1C. The highest BCUT2D eigenvalue weighted by atomic mass is 16.2. The standard InChI is InChI=1S/C18H26N4O2/c1-12(2)22(15-8-6-5-7-9-15)17(23)11-21-18(24)16(10-19)13(3)14(4)20-21/h12,15H,5-9,11H2,1-4H3. The van der Waals surface area contributed by atoms with E-state index in [1.165, 1.54) is 6.42 Å². The van der Waals surface area contributed by atoms with Gasteiger partial charge in [0.1, 0.15) is 18.2 Å². The summed E-state index contributed by atoms with van der Waals surface area (Å²) in [5, 5.41) is 13.4. The third-order valence-corrected chi connectivity index (χ3v) is 4.85. The molecule has 2 rings (SSSR count). The number of carbonyl (C=O) groups is 1. The van der Waals surface area contributed by atoms with Crippen LogP contribution in [-0.4, -0.2) is 32.7 Å². The first-order chi connectivity index (χ1) is 11.4. The third kappa shape index (κ3) is 3.66. The van der Waals surface area contributed by atoms with Crippen molar-refractivity contribution in [2.75, 3.05) is 0 Å². The summed E-state index contributed by atoms with van der Waals surface area (Å²) in [6, 6.07) is 2.26. The quantitative estimate of drug-likeness (QED) is 0.848. The molecule has 1 aromatic heterocycles. The van der Waals surface area contributed by atoms with Crippen LogP contribution >= 0.6 is 0 Å². The molecule has 24 heavy (non-hydrogen) atoms. The van der Waals surface area contributed by atoms with E-state index in [0.717, 1.165) is 30.4 Å². The van der Waals surface area contributed by atoms with E-state index in [2.05, 4.69) is 5.10 Å². The highest BCUT2D eigenvalue weighted by Gasteiger charge is 2.28. The summed E-state index contributed by atoms with van der Waals surface area (Å²) in [7, 11) is 0. The number of hydrogen-bond acceptors (Lipinski definition) is 4. The number of hydrogen-bond donors (Lipinski definition) is 0. The lowest BCUT2D eigenvalue weighted by Gasteiger charge is -2.37. The number of aromatic nitrogens is 2. The van der Waals surface area contributed by atoms with E-state index in [0.29, 0.717) is 11.3 Å². The summed E-state index contributed by atoms with van der Waals surface area (Å²) >= 11 is 0. The second kappa shape index (κ2) is 7.61. The molecule has 0 spiro atoms. The first-order valence-corrected chi connectivity index (χ1v) is 8.66. The molecular formula is C18H26N4O2. The van der Waals surface area contributed by atoms with Gasteiger partial charge in [0.2, 0.25) is 5.91 Å². The molecular weight excluding hydrogens is 304 g/mol. The van der Waals surface area contributed by atoms with E-state index in [1.807, 2.05) is 24.8 Å². The zero-order valence-corrected chi connectivity index (χ0v) is 15.0. The molecule has 0 radical (unpaired) electrons. The van der Waals surface area contributed by atoms with E-state index in [1.54, 1.807) is 13.8 Å². The van der Waals surface area contributed by atoms with Gasteiger partial charge >= 0.3 is 0 Å². The van der Waals surface area contributed by atoms with E-state index in [-0.39, 0.29) is 30.1 Å². The van der Waals surface area contributed by atoms with Crippen LogP contribution in [0.5, 0.6) is 0 Å². The van der Waals surface area contributed by atoms with Gasteiger partial charge in [-0.1, -0.05) is 19.3 Å². The maximum atomic E-state index is 12.8. The second-order valence-electron chi connectivity index (χ2n) is 6.85. The van der Waals surface area contributed by atoms with Crippen LogP contribution < -0.4 is 5.56 Å². The molecule has 6 nitrogen and oxygen atoms in total. The fourth-order valence-electron chi connectivity index (χ4n) is 3.49. The minimum Gasteiger partial charge on any atom is -0.336 e. The predicted molar refractivity (Wildman–Crippen MR) is 91.5 cm³/mol. The first kappa shape index (κ1) is 18.2. The minimum absolute atomic E-state index is 0.0732. The van der Waals surface area contributed by atoms with Crippen molar-refractivity contribution in [3.05, 3.63) is 27.2 Å². The molecule has 0 saturated heterocycles. The van der Waals surface area contributed by atoms with Crippen molar-refractivity contribution in [1.29, 1.82) is 5.26 Å². The van der Waals surface area contributed by atoms with Crippen LogP contribution in [0.1, 0.15) is 62.8 Å². The Labute approximate surface area is 143 Å². The molecule has 1 aromatic rings. The molecule has 1 heterocycles. The van der Waals surface area contributed by atoms with Crippen molar-refractivity contribution in [3.63, 3.8) is 0 Å². The Morgan fingerprint density at radius 1 is 1.33 bits per heavy atom. The van der Waals surface area contributed by atoms with E-state index in [4.69, 9.17) is 0 Å². The Kier molecular flexibility index (Phi) is 5.76. The van der Waals surface area contributed by atoms with Gasteiger partial charge in [-0.3, -0.25) is 9.59 Å². The Hall–Kier alpha value is -2.16. The molecule has 6 heteroatoms. The summed E-state index contributed by atoms with van der Waals surface area (Å²) in [5.41, 5.74) is 0.775. The van der Waals surface area contributed by atoms with Crippen LogP contribution in [0.3, 0.4) is 0 Å². The Morgan fingerprint density at radius 2 is 1.96 bits per heavy atom. The van der Waals surface area contributed by atoms with Crippen LogP contribution in [0.2, 0.25) is 0 Å². The summed E-state index contributed by atoms with van der Waals surface area (Å²) in [4.78, 5) is 27.1. The van der Waals surface area contributed by atoms with Crippen LogP contribution in [-0.2, 0) is 11.3 Å². The summed E-state index contributed by atoms with van der Waals surface area (Å²) in [5.74, 6) is -0.0985. The van der Waals surface area contributed by atoms with Crippen molar-refractivity contribution in [3.8, 4) is 6.07 Å². The molecule has 1 aliphatic carbocycles. The van der Waals surface area contributed by atoms with Crippen LogP contribution in [0, 0.1) is 25.2 Å². The van der Waals surface area contributed by atoms with Crippen molar-refractivity contribution in [2.45, 2.75) is 78.4 Å². The molecule has 130 valence electrons. The Bertz CT molecular complexity index is 709. The summed E-state index contributed by atoms with van der Waals surface area (Å²) < 4.78 is 1.14. The highest BCUT2D eigenvalue weighted by Crippen LogP contribution is 2.24. The highest BCUT2D eigenvalue weighted by molar-refractivity contribution is 5.76. The van der Waals surface area contributed by atoms with Gasteiger partial charge in [0.25, 0.3) is 5.56 Å². The molecule has 0 aliphatic heterocycles. The van der Waals surface area contributed by atoms with E-state index < -0.39 is 5.56 Å². The summed E-state index contributed by atoms with van der Waals surface area (Å²) in [6.45, 7) is 7.35. The second-order valence-corrected chi connectivity index (χ2v) is 6.85. The van der Waals surface area contributed by atoms with Gasteiger partial charge < -0.3 is 4.90 Å². The number of amides is 1. The smallest absolute Gasteiger partial charge is 0.285 e. The van der Waals surface area contributed by atoms with Crippen LogP contribution in [0.4, 0.5) is 0 Å². The van der Waals surface area contributed by atoms with Crippen molar-refractivity contribution >= 4 is 5.91 Å². The molecule has 1 amide bonds. The normalized spacial score (nSPS) is 15.3. The van der Waals surface area contributed by atoms with E-state index >= 15 is 0 Å². The first-order valence-electron chi connectivity index (χ1n) is 8.66. The third-order valence-electron chi connectivity index (χ3n) is 4.85. The molecule has 1 aliphatic rings. The molecule has 0 N–H and O–H groups in total.